The number of ketones is 1. The van der Waals surface area contributed by atoms with Gasteiger partial charge in [0.25, 0.3) is 0 Å². The van der Waals surface area contributed by atoms with Crippen LogP contribution in [0.5, 0.6) is 0 Å². The summed E-state index contributed by atoms with van der Waals surface area (Å²) in [5, 5.41) is 0. The van der Waals surface area contributed by atoms with Crippen molar-refractivity contribution in [3.05, 3.63) is 0 Å². The maximum absolute atomic E-state index is 11.0. The van der Waals surface area contributed by atoms with Crippen LogP contribution in [0, 0.1) is 5.41 Å². The van der Waals surface area contributed by atoms with E-state index < -0.39 is 5.41 Å². The summed E-state index contributed by atoms with van der Waals surface area (Å²) in [6, 6.07) is 0. The molecule has 0 aromatic carbocycles. The normalized spacial score (nSPS) is 10.1. The third kappa shape index (κ3) is 4.81. The quantitative estimate of drug-likeness (QED) is 0.541. The number of hydrogen-bond acceptors (Lipinski definition) is 2. The zero-order valence-electron chi connectivity index (χ0n) is 7.31. The van der Waals surface area contributed by atoms with E-state index in [2.05, 4.69) is 0 Å². The number of Topliss-reactive ketones (excluding diaryl/α,β-unsaturated/α-hetero) is 1. The maximum atomic E-state index is 11.0. The molecule has 61 valence electrons. The molecule has 3 heteroatoms. The van der Waals surface area contributed by atoms with Crippen LogP contribution in [0.4, 0.5) is 0 Å². The van der Waals surface area contributed by atoms with Gasteiger partial charge in [0.15, 0.2) is 0 Å². The van der Waals surface area contributed by atoms with Crippen LogP contribution in [-0.2, 0) is 42.3 Å². The summed E-state index contributed by atoms with van der Waals surface area (Å²) < 4.78 is 0. The first-order valence-electron chi connectivity index (χ1n) is 3.47. The van der Waals surface area contributed by atoms with Crippen LogP contribution < -0.4 is 0 Å². The average Bonchev–Trinajstić information content (AvgIpc) is 1.89. The molecule has 0 amide bonds. The molecule has 0 unspecified atom stereocenters. The molecule has 0 saturated carbocycles. The van der Waals surface area contributed by atoms with E-state index in [1.54, 1.807) is 20.1 Å². The van der Waals surface area contributed by atoms with Crippen molar-refractivity contribution in [3.63, 3.8) is 0 Å². The Balaban J connectivity index is 0. The molecule has 0 spiro atoms. The van der Waals surface area contributed by atoms with Gasteiger partial charge in [-0.25, -0.2) is 0 Å². The Morgan fingerprint density at radius 1 is 1.45 bits per heavy atom. The fourth-order valence-electron chi connectivity index (χ4n) is 0.596. The summed E-state index contributed by atoms with van der Waals surface area (Å²) in [4.78, 5) is 21.2. The molecule has 0 bridgehead atoms. The Hall–Kier alpha value is 0.444. The van der Waals surface area contributed by atoms with Crippen LogP contribution in [0.3, 0.4) is 0 Å². The van der Waals surface area contributed by atoms with E-state index in [1.807, 2.05) is 6.92 Å². The van der Waals surface area contributed by atoms with Gasteiger partial charge in [-0.05, 0) is 6.42 Å². The summed E-state index contributed by atoms with van der Waals surface area (Å²) in [6.45, 7) is 5.11. The molecule has 0 saturated heterocycles. The number of hydrogen-bond donors (Lipinski definition) is 0. The molecule has 1 radical (unpaired) electrons. The molecule has 0 atom stereocenters. The van der Waals surface area contributed by atoms with E-state index in [9.17, 15) is 9.59 Å². The smallest absolute Gasteiger partial charge is 0.112 e. The summed E-state index contributed by atoms with van der Waals surface area (Å²) >= 11 is 0. The second-order valence-corrected chi connectivity index (χ2v) is 2.90. The molecular formula is C8H13O2Y-. The Morgan fingerprint density at radius 2 is 1.91 bits per heavy atom. The summed E-state index contributed by atoms with van der Waals surface area (Å²) in [5.74, 6) is -0.0231. The molecule has 0 aliphatic heterocycles. The predicted octanol–water partition coefficient (Wildman–Crippen LogP) is 1.49. The maximum Gasteiger partial charge on any atom is 0.112 e. The van der Waals surface area contributed by atoms with Gasteiger partial charge >= 0.3 is 0 Å². The van der Waals surface area contributed by atoms with Gasteiger partial charge in [-0.1, -0.05) is 26.2 Å². The van der Waals surface area contributed by atoms with E-state index in [0.717, 1.165) is 6.42 Å². The van der Waals surface area contributed by atoms with Gasteiger partial charge in [-0.15, -0.1) is 0 Å². The topological polar surface area (TPSA) is 34.1 Å². The van der Waals surface area contributed by atoms with Crippen LogP contribution in [0.15, 0.2) is 0 Å². The van der Waals surface area contributed by atoms with Crippen LogP contribution in [-0.4, -0.2) is 12.1 Å². The molecule has 11 heavy (non-hydrogen) atoms. The van der Waals surface area contributed by atoms with Gasteiger partial charge in [0, 0.05) is 39.1 Å². The fraction of sp³-hybridized carbons (Fsp3) is 0.750. The molecule has 2 nitrogen and oxygen atoms in total. The molecule has 0 aromatic heterocycles. The minimum absolute atomic E-state index is 0. The second kappa shape index (κ2) is 6.02. The summed E-state index contributed by atoms with van der Waals surface area (Å²) in [6.07, 6.45) is 3.00. The van der Waals surface area contributed by atoms with Crippen molar-refractivity contribution < 1.29 is 42.3 Å². The van der Waals surface area contributed by atoms with Crippen molar-refractivity contribution in [1.82, 2.24) is 0 Å². The van der Waals surface area contributed by atoms with E-state index in [0.29, 0.717) is 6.42 Å². The molecule has 0 N–H and O–H groups in total. The van der Waals surface area contributed by atoms with Crippen molar-refractivity contribution in [2.45, 2.75) is 33.6 Å². The van der Waals surface area contributed by atoms with Crippen LogP contribution >= 0.6 is 0 Å². The van der Waals surface area contributed by atoms with E-state index >= 15 is 0 Å². The van der Waals surface area contributed by atoms with Gasteiger partial charge in [-0.2, -0.15) is 0 Å². The monoisotopic (exact) mass is 230 g/mol. The number of rotatable bonds is 4. The average molecular weight is 230 g/mol. The van der Waals surface area contributed by atoms with Crippen molar-refractivity contribution in [3.8, 4) is 0 Å². The standard InChI is InChI=1S/C8H13O2.Y/c1-4-5-7(10)8(2,3)6-9;/h4-5H2,1-3H3;/q-1;. The minimum atomic E-state index is -0.893. The zero-order chi connectivity index (χ0) is 8.20. The summed E-state index contributed by atoms with van der Waals surface area (Å²) in [7, 11) is 0. The molecule has 0 aromatic rings. The Kier molecular flexibility index (Phi) is 7.65. The first kappa shape index (κ1) is 14.0. The minimum Gasteiger partial charge on any atom is -0.541 e. The molecule has 0 aliphatic carbocycles. The largest absolute Gasteiger partial charge is 0.541 e. The van der Waals surface area contributed by atoms with Crippen LogP contribution in [0.1, 0.15) is 33.6 Å². The third-order valence-corrected chi connectivity index (χ3v) is 1.43. The van der Waals surface area contributed by atoms with Crippen molar-refractivity contribution in [1.29, 1.82) is 0 Å². The molecule has 0 rings (SSSR count). The third-order valence-electron chi connectivity index (χ3n) is 1.43. The summed E-state index contributed by atoms with van der Waals surface area (Å²) in [5.41, 5.74) is -0.893. The molecule has 0 heterocycles. The zero-order valence-corrected chi connectivity index (χ0v) is 10.1. The Bertz CT molecular complexity index is 141. The van der Waals surface area contributed by atoms with Gasteiger partial charge in [0.2, 0.25) is 0 Å². The van der Waals surface area contributed by atoms with Crippen LogP contribution in [0.25, 0.3) is 0 Å². The number of carbonyl (C=O) groups is 1. The SMILES string of the molecule is CCCC(=O)C(C)(C)[C-]=O.[Y]. The first-order chi connectivity index (χ1) is 4.54. The first-order valence-corrected chi connectivity index (χ1v) is 3.47. The van der Waals surface area contributed by atoms with Crippen LogP contribution in [0.2, 0.25) is 0 Å². The van der Waals surface area contributed by atoms with Crippen molar-refractivity contribution >= 4 is 12.1 Å². The number of carbonyl (C=O) groups excluding carboxylic acids is 2. The Labute approximate surface area is 93.0 Å². The van der Waals surface area contributed by atoms with Crippen molar-refractivity contribution in [2.75, 3.05) is 0 Å². The van der Waals surface area contributed by atoms with Gasteiger partial charge < -0.3 is 9.59 Å². The Morgan fingerprint density at radius 3 is 2.18 bits per heavy atom. The van der Waals surface area contributed by atoms with E-state index in [1.165, 1.54) is 0 Å². The second-order valence-electron chi connectivity index (χ2n) is 2.90. The van der Waals surface area contributed by atoms with Crippen molar-refractivity contribution in [2.24, 2.45) is 5.41 Å². The van der Waals surface area contributed by atoms with E-state index in [4.69, 9.17) is 0 Å². The fourth-order valence-corrected chi connectivity index (χ4v) is 0.596. The molecule has 0 aliphatic rings. The predicted molar refractivity (Wildman–Crippen MR) is 39.4 cm³/mol. The van der Waals surface area contributed by atoms with E-state index in [-0.39, 0.29) is 38.5 Å². The van der Waals surface area contributed by atoms with Gasteiger partial charge in [-0.3, -0.25) is 6.29 Å². The van der Waals surface area contributed by atoms with Gasteiger partial charge in [0.05, 0.1) is 0 Å². The molecule has 0 fully saturated rings. The van der Waals surface area contributed by atoms with Gasteiger partial charge in [0.1, 0.15) is 5.78 Å². The molecular weight excluding hydrogens is 217 g/mol.